The monoisotopic (exact) mass is 266 g/mol. The average Bonchev–Trinajstić information content (AvgIpc) is 2.67. The van der Waals surface area contributed by atoms with Gasteiger partial charge in [-0.3, -0.25) is 0 Å². The average molecular weight is 267 g/mol. The van der Waals surface area contributed by atoms with Gasteiger partial charge in [0.1, 0.15) is 5.82 Å². The molecule has 2 unspecified atom stereocenters. The summed E-state index contributed by atoms with van der Waals surface area (Å²) in [6.45, 7) is 6.80. The molecule has 0 spiro atoms. The van der Waals surface area contributed by atoms with Gasteiger partial charge in [-0.05, 0) is 38.5 Å². The second kappa shape index (κ2) is 5.29. The molecule has 3 nitrogen and oxygen atoms in total. The lowest BCUT2D eigenvalue weighted by Crippen LogP contribution is -2.14. The van der Waals surface area contributed by atoms with Crippen molar-refractivity contribution in [3.05, 3.63) is 29.6 Å². The molecule has 2 rings (SSSR count). The van der Waals surface area contributed by atoms with E-state index in [1.165, 1.54) is 5.56 Å². The van der Waals surface area contributed by atoms with Crippen LogP contribution in [-0.2, 0) is 4.74 Å². The first kappa shape index (κ1) is 13.4. The first-order valence-corrected chi connectivity index (χ1v) is 6.59. The summed E-state index contributed by atoms with van der Waals surface area (Å²) in [5.41, 5.74) is 3.34. The normalized spacial score (nSPS) is 14.9. The Morgan fingerprint density at radius 2 is 2.11 bits per heavy atom. The summed E-state index contributed by atoms with van der Waals surface area (Å²) < 4.78 is 7.43. The zero-order chi connectivity index (χ0) is 13.3. The van der Waals surface area contributed by atoms with Crippen molar-refractivity contribution >= 4 is 22.6 Å². The van der Waals surface area contributed by atoms with E-state index in [4.69, 9.17) is 16.3 Å². The first-order valence-electron chi connectivity index (χ1n) is 6.16. The van der Waals surface area contributed by atoms with Crippen LogP contribution in [0.5, 0.6) is 0 Å². The quantitative estimate of drug-likeness (QED) is 0.786. The van der Waals surface area contributed by atoms with E-state index in [0.717, 1.165) is 16.9 Å². The molecule has 0 radical (unpaired) electrons. The standard InChI is InChI=1S/C14H19ClN2O/c1-9-5-6-12-13(7-9)17(10(2)8-18-4)14(16-12)11(3)15/h5-7,10-11H,8H2,1-4H3. The van der Waals surface area contributed by atoms with Gasteiger partial charge in [-0.1, -0.05) is 6.07 Å². The summed E-state index contributed by atoms with van der Waals surface area (Å²) >= 11 is 6.24. The number of nitrogens with zero attached hydrogens (tertiary/aromatic N) is 2. The Bertz CT molecular complexity index is 548. The van der Waals surface area contributed by atoms with Crippen molar-refractivity contribution < 1.29 is 4.74 Å². The van der Waals surface area contributed by atoms with E-state index in [1.54, 1.807) is 7.11 Å². The van der Waals surface area contributed by atoms with Crippen molar-refractivity contribution in [3.8, 4) is 0 Å². The minimum absolute atomic E-state index is 0.114. The largest absolute Gasteiger partial charge is 0.383 e. The Labute approximate surface area is 113 Å². The highest BCUT2D eigenvalue weighted by Gasteiger charge is 2.18. The van der Waals surface area contributed by atoms with Crippen LogP contribution in [0, 0.1) is 6.92 Å². The fourth-order valence-corrected chi connectivity index (χ4v) is 2.44. The predicted molar refractivity (Wildman–Crippen MR) is 75.3 cm³/mol. The molecule has 0 saturated carbocycles. The summed E-state index contributed by atoms with van der Waals surface area (Å²) in [6, 6.07) is 6.49. The van der Waals surface area contributed by atoms with Crippen LogP contribution in [0.15, 0.2) is 18.2 Å². The van der Waals surface area contributed by atoms with Crippen LogP contribution in [0.25, 0.3) is 11.0 Å². The number of hydrogen-bond acceptors (Lipinski definition) is 2. The lowest BCUT2D eigenvalue weighted by molar-refractivity contribution is 0.162. The number of methoxy groups -OCH3 is 1. The predicted octanol–water partition coefficient (Wildman–Crippen LogP) is 3.85. The fraction of sp³-hybridized carbons (Fsp3) is 0.500. The molecule has 0 aliphatic heterocycles. The Kier molecular flexibility index (Phi) is 3.93. The molecule has 18 heavy (non-hydrogen) atoms. The highest BCUT2D eigenvalue weighted by Crippen LogP contribution is 2.28. The summed E-state index contributed by atoms with van der Waals surface area (Å²) in [5.74, 6) is 0.904. The summed E-state index contributed by atoms with van der Waals surface area (Å²) in [4.78, 5) is 4.63. The van der Waals surface area contributed by atoms with Crippen molar-refractivity contribution in [2.75, 3.05) is 13.7 Å². The maximum atomic E-state index is 6.24. The zero-order valence-corrected chi connectivity index (χ0v) is 12.0. The number of fused-ring (bicyclic) bond motifs is 1. The van der Waals surface area contributed by atoms with Crippen molar-refractivity contribution in [3.63, 3.8) is 0 Å². The SMILES string of the molecule is COCC(C)n1c(C(C)Cl)nc2ccc(C)cc21. The third-order valence-corrected chi connectivity index (χ3v) is 3.27. The molecular weight excluding hydrogens is 248 g/mol. The molecule has 1 heterocycles. The molecule has 0 aliphatic rings. The second-order valence-corrected chi connectivity index (χ2v) is 5.41. The van der Waals surface area contributed by atoms with Crippen molar-refractivity contribution in [1.82, 2.24) is 9.55 Å². The van der Waals surface area contributed by atoms with Crippen molar-refractivity contribution in [2.45, 2.75) is 32.2 Å². The van der Waals surface area contributed by atoms with Gasteiger partial charge in [0.05, 0.1) is 29.1 Å². The summed E-state index contributed by atoms with van der Waals surface area (Å²) in [6.07, 6.45) is 0. The van der Waals surface area contributed by atoms with Crippen LogP contribution in [0.3, 0.4) is 0 Å². The lowest BCUT2D eigenvalue weighted by Gasteiger charge is -2.17. The Balaban J connectivity index is 2.64. The molecule has 4 heteroatoms. The van der Waals surface area contributed by atoms with Crippen molar-refractivity contribution in [2.24, 2.45) is 0 Å². The topological polar surface area (TPSA) is 27.1 Å². The van der Waals surface area contributed by atoms with E-state index in [9.17, 15) is 0 Å². The Morgan fingerprint density at radius 3 is 2.72 bits per heavy atom. The van der Waals surface area contributed by atoms with Crippen LogP contribution in [0.4, 0.5) is 0 Å². The fourth-order valence-electron chi connectivity index (χ4n) is 2.28. The van der Waals surface area contributed by atoms with Gasteiger partial charge >= 0.3 is 0 Å². The molecular formula is C14H19ClN2O. The molecule has 0 N–H and O–H groups in total. The second-order valence-electron chi connectivity index (χ2n) is 4.75. The van der Waals surface area contributed by atoms with Gasteiger partial charge in [-0.2, -0.15) is 0 Å². The van der Waals surface area contributed by atoms with Gasteiger partial charge in [0, 0.05) is 7.11 Å². The summed E-state index contributed by atoms with van der Waals surface area (Å²) in [7, 11) is 1.71. The molecule has 2 atom stereocenters. The number of benzene rings is 1. The third kappa shape index (κ3) is 2.38. The molecule has 0 amide bonds. The number of halogens is 1. The van der Waals surface area contributed by atoms with E-state index in [2.05, 4.69) is 35.5 Å². The minimum Gasteiger partial charge on any atom is -0.383 e. The van der Waals surface area contributed by atoms with Gasteiger partial charge < -0.3 is 9.30 Å². The van der Waals surface area contributed by atoms with Crippen LogP contribution in [0.1, 0.15) is 36.7 Å². The molecule has 0 fully saturated rings. The van der Waals surface area contributed by atoms with Crippen LogP contribution < -0.4 is 0 Å². The summed E-state index contributed by atoms with van der Waals surface area (Å²) in [5, 5.41) is -0.114. The molecule has 0 aliphatic carbocycles. The van der Waals surface area contributed by atoms with Gasteiger partial charge in [0.15, 0.2) is 0 Å². The molecule has 1 aromatic heterocycles. The highest BCUT2D eigenvalue weighted by molar-refractivity contribution is 6.20. The number of aryl methyl sites for hydroxylation is 1. The Morgan fingerprint density at radius 1 is 1.39 bits per heavy atom. The van der Waals surface area contributed by atoms with Crippen LogP contribution in [0.2, 0.25) is 0 Å². The minimum atomic E-state index is -0.114. The highest BCUT2D eigenvalue weighted by atomic mass is 35.5. The molecule has 0 saturated heterocycles. The van der Waals surface area contributed by atoms with E-state index >= 15 is 0 Å². The van der Waals surface area contributed by atoms with E-state index in [0.29, 0.717) is 6.61 Å². The number of ether oxygens (including phenoxy) is 1. The maximum Gasteiger partial charge on any atom is 0.128 e. The third-order valence-electron chi connectivity index (χ3n) is 3.08. The molecule has 0 bridgehead atoms. The number of hydrogen-bond donors (Lipinski definition) is 0. The number of rotatable bonds is 4. The van der Waals surface area contributed by atoms with Gasteiger partial charge in [-0.25, -0.2) is 4.98 Å². The molecule has 1 aromatic carbocycles. The molecule has 2 aromatic rings. The number of aromatic nitrogens is 2. The van der Waals surface area contributed by atoms with Gasteiger partial charge in [0.25, 0.3) is 0 Å². The van der Waals surface area contributed by atoms with E-state index in [-0.39, 0.29) is 11.4 Å². The van der Waals surface area contributed by atoms with Crippen molar-refractivity contribution in [1.29, 1.82) is 0 Å². The molecule has 98 valence electrons. The van der Waals surface area contributed by atoms with Gasteiger partial charge in [0.2, 0.25) is 0 Å². The van der Waals surface area contributed by atoms with E-state index < -0.39 is 0 Å². The number of alkyl halides is 1. The van der Waals surface area contributed by atoms with Gasteiger partial charge in [-0.15, -0.1) is 11.6 Å². The lowest BCUT2D eigenvalue weighted by atomic mass is 10.2. The van der Waals surface area contributed by atoms with Crippen LogP contribution >= 0.6 is 11.6 Å². The number of imidazole rings is 1. The van der Waals surface area contributed by atoms with E-state index in [1.807, 2.05) is 13.0 Å². The van der Waals surface area contributed by atoms with Crippen LogP contribution in [-0.4, -0.2) is 23.3 Å². The zero-order valence-electron chi connectivity index (χ0n) is 11.3. The smallest absolute Gasteiger partial charge is 0.128 e. The first-order chi connectivity index (χ1) is 8.54. The maximum absolute atomic E-state index is 6.24. The Hall–Kier alpha value is -1.06.